The van der Waals surface area contributed by atoms with Gasteiger partial charge in [-0.3, -0.25) is 5.43 Å². The summed E-state index contributed by atoms with van der Waals surface area (Å²) >= 11 is 0. The summed E-state index contributed by atoms with van der Waals surface area (Å²) in [5.41, 5.74) is 5.85. The summed E-state index contributed by atoms with van der Waals surface area (Å²) in [4.78, 5) is 10.8. The standard InChI is InChI=1S/C19H16N2O2/c1-13(16-7-6-14-4-2-3-5-17(14)12-16)20-21-18-10-8-15(9-11-18)19(22)23/h2-12,21H,1H3,(H,22,23)/b20-13+. The number of rotatable bonds is 4. The molecule has 0 spiro atoms. The number of carboxylic acid groups (broad SMARTS) is 1. The van der Waals surface area contributed by atoms with Gasteiger partial charge in [-0.15, -0.1) is 0 Å². The van der Waals surface area contributed by atoms with Crippen LogP contribution in [-0.4, -0.2) is 16.8 Å². The molecule has 0 aliphatic heterocycles. The molecule has 0 saturated carbocycles. The molecule has 0 fully saturated rings. The van der Waals surface area contributed by atoms with E-state index in [2.05, 4.69) is 34.8 Å². The summed E-state index contributed by atoms with van der Waals surface area (Å²) in [6.45, 7) is 1.93. The molecule has 114 valence electrons. The number of aromatic carboxylic acids is 1. The van der Waals surface area contributed by atoms with Crippen LogP contribution in [0, 0.1) is 0 Å². The fourth-order valence-electron chi connectivity index (χ4n) is 2.31. The lowest BCUT2D eigenvalue weighted by atomic mass is 10.0. The molecule has 3 rings (SSSR count). The van der Waals surface area contributed by atoms with Gasteiger partial charge < -0.3 is 5.11 Å². The van der Waals surface area contributed by atoms with Gasteiger partial charge in [-0.2, -0.15) is 5.10 Å². The highest BCUT2D eigenvalue weighted by atomic mass is 16.4. The van der Waals surface area contributed by atoms with Crippen LogP contribution in [-0.2, 0) is 0 Å². The summed E-state index contributed by atoms with van der Waals surface area (Å²) in [7, 11) is 0. The van der Waals surface area contributed by atoms with Gasteiger partial charge in [0.05, 0.1) is 17.0 Å². The molecule has 0 heterocycles. The van der Waals surface area contributed by atoms with Gasteiger partial charge in [0.25, 0.3) is 0 Å². The largest absolute Gasteiger partial charge is 0.478 e. The molecule has 0 unspecified atom stereocenters. The number of benzene rings is 3. The highest BCUT2D eigenvalue weighted by Gasteiger charge is 2.02. The third-order valence-electron chi connectivity index (χ3n) is 3.65. The lowest BCUT2D eigenvalue weighted by Crippen LogP contribution is -2.00. The van der Waals surface area contributed by atoms with Crippen LogP contribution in [0.3, 0.4) is 0 Å². The summed E-state index contributed by atoms with van der Waals surface area (Å²) in [6, 6.07) is 20.9. The zero-order valence-corrected chi connectivity index (χ0v) is 12.7. The molecule has 0 bridgehead atoms. The highest BCUT2D eigenvalue weighted by molar-refractivity contribution is 6.02. The zero-order valence-electron chi connectivity index (χ0n) is 12.7. The number of nitrogens with zero attached hydrogens (tertiary/aromatic N) is 1. The Bertz CT molecular complexity index is 883. The van der Waals surface area contributed by atoms with E-state index < -0.39 is 5.97 Å². The monoisotopic (exact) mass is 304 g/mol. The summed E-state index contributed by atoms with van der Waals surface area (Å²) in [5, 5.41) is 15.6. The van der Waals surface area contributed by atoms with Gasteiger partial charge in [-0.1, -0.05) is 36.4 Å². The average molecular weight is 304 g/mol. The van der Waals surface area contributed by atoms with Gasteiger partial charge >= 0.3 is 5.97 Å². The first-order valence-corrected chi connectivity index (χ1v) is 7.26. The number of fused-ring (bicyclic) bond motifs is 1. The Morgan fingerprint density at radius 2 is 1.57 bits per heavy atom. The molecule has 0 aliphatic carbocycles. The van der Waals surface area contributed by atoms with E-state index in [4.69, 9.17) is 5.11 Å². The third kappa shape index (κ3) is 3.37. The number of nitrogens with one attached hydrogen (secondary N) is 1. The van der Waals surface area contributed by atoms with Crippen molar-refractivity contribution < 1.29 is 9.90 Å². The topological polar surface area (TPSA) is 61.7 Å². The van der Waals surface area contributed by atoms with Crippen molar-refractivity contribution in [3.05, 3.63) is 77.9 Å². The Morgan fingerprint density at radius 1 is 0.913 bits per heavy atom. The van der Waals surface area contributed by atoms with Gasteiger partial charge in [0.1, 0.15) is 0 Å². The van der Waals surface area contributed by atoms with Crippen molar-refractivity contribution in [2.75, 3.05) is 5.43 Å². The van der Waals surface area contributed by atoms with E-state index in [0.29, 0.717) is 0 Å². The molecule has 4 nitrogen and oxygen atoms in total. The van der Waals surface area contributed by atoms with Crippen LogP contribution < -0.4 is 5.43 Å². The van der Waals surface area contributed by atoms with Crippen molar-refractivity contribution in [2.45, 2.75) is 6.92 Å². The first kappa shape index (κ1) is 14.8. The molecule has 0 amide bonds. The predicted octanol–water partition coefficient (Wildman–Crippen LogP) is 4.37. The van der Waals surface area contributed by atoms with Gasteiger partial charge in [0.2, 0.25) is 0 Å². The summed E-state index contributed by atoms with van der Waals surface area (Å²) < 4.78 is 0. The molecule has 0 atom stereocenters. The van der Waals surface area contributed by atoms with Crippen LogP contribution in [0.2, 0.25) is 0 Å². The number of anilines is 1. The van der Waals surface area contributed by atoms with Crippen molar-refractivity contribution >= 4 is 28.1 Å². The van der Waals surface area contributed by atoms with Gasteiger partial charge in [0.15, 0.2) is 0 Å². The quantitative estimate of drug-likeness (QED) is 0.555. The maximum atomic E-state index is 10.8. The second kappa shape index (κ2) is 6.32. The molecule has 0 aliphatic rings. The Balaban J connectivity index is 1.79. The zero-order chi connectivity index (χ0) is 16.2. The smallest absolute Gasteiger partial charge is 0.335 e. The Kier molecular flexibility index (Phi) is 4.06. The Hall–Kier alpha value is -3.14. The molecule has 0 aromatic heterocycles. The second-order valence-electron chi connectivity index (χ2n) is 5.25. The van der Waals surface area contributed by atoms with Crippen LogP contribution in [0.5, 0.6) is 0 Å². The van der Waals surface area contributed by atoms with E-state index in [1.54, 1.807) is 24.3 Å². The fourth-order valence-corrected chi connectivity index (χ4v) is 2.31. The number of hydrogen-bond acceptors (Lipinski definition) is 3. The molecular weight excluding hydrogens is 288 g/mol. The molecule has 4 heteroatoms. The molecule has 3 aromatic carbocycles. The van der Waals surface area contributed by atoms with Crippen LogP contribution in [0.1, 0.15) is 22.8 Å². The average Bonchev–Trinajstić information content (AvgIpc) is 2.59. The summed E-state index contributed by atoms with van der Waals surface area (Å²) in [5.74, 6) is -0.938. The molecule has 0 radical (unpaired) electrons. The SMILES string of the molecule is C/C(=N\Nc1ccc(C(=O)O)cc1)c1ccc2ccccc2c1. The third-order valence-corrected chi connectivity index (χ3v) is 3.65. The van der Waals surface area contributed by atoms with E-state index >= 15 is 0 Å². The van der Waals surface area contributed by atoms with Crippen LogP contribution >= 0.6 is 0 Å². The lowest BCUT2D eigenvalue weighted by molar-refractivity contribution is 0.0697. The van der Waals surface area contributed by atoms with Gasteiger partial charge in [-0.05, 0) is 53.6 Å². The van der Waals surface area contributed by atoms with Crippen LogP contribution in [0.25, 0.3) is 10.8 Å². The minimum atomic E-state index is -0.938. The maximum Gasteiger partial charge on any atom is 0.335 e. The first-order chi connectivity index (χ1) is 11.1. The number of carbonyl (C=O) groups is 1. The fraction of sp³-hybridized carbons (Fsp3) is 0.0526. The van der Waals surface area contributed by atoms with E-state index in [-0.39, 0.29) is 5.56 Å². The molecule has 2 N–H and O–H groups in total. The molecule has 23 heavy (non-hydrogen) atoms. The minimum absolute atomic E-state index is 0.255. The lowest BCUT2D eigenvalue weighted by Gasteiger charge is -2.05. The molecular formula is C19H16N2O2. The maximum absolute atomic E-state index is 10.8. The number of hydrazone groups is 1. The Morgan fingerprint density at radius 3 is 2.26 bits per heavy atom. The second-order valence-corrected chi connectivity index (χ2v) is 5.25. The number of carboxylic acids is 1. The van der Waals surface area contributed by atoms with E-state index in [0.717, 1.165) is 17.0 Å². The highest BCUT2D eigenvalue weighted by Crippen LogP contribution is 2.16. The Labute approximate surface area is 134 Å². The minimum Gasteiger partial charge on any atom is -0.478 e. The first-order valence-electron chi connectivity index (χ1n) is 7.26. The van der Waals surface area contributed by atoms with Crippen LogP contribution in [0.4, 0.5) is 5.69 Å². The van der Waals surface area contributed by atoms with E-state index in [1.807, 2.05) is 25.1 Å². The normalized spacial score (nSPS) is 11.4. The van der Waals surface area contributed by atoms with Crippen LogP contribution in [0.15, 0.2) is 71.8 Å². The summed E-state index contributed by atoms with van der Waals surface area (Å²) in [6.07, 6.45) is 0. The number of hydrogen-bond donors (Lipinski definition) is 2. The van der Waals surface area contributed by atoms with E-state index in [1.165, 1.54) is 10.8 Å². The molecule has 0 saturated heterocycles. The van der Waals surface area contributed by atoms with Crippen molar-refractivity contribution in [3.8, 4) is 0 Å². The van der Waals surface area contributed by atoms with Gasteiger partial charge in [0, 0.05) is 0 Å². The predicted molar refractivity (Wildman–Crippen MR) is 93.2 cm³/mol. The van der Waals surface area contributed by atoms with Gasteiger partial charge in [-0.25, -0.2) is 4.79 Å². The van der Waals surface area contributed by atoms with Crippen molar-refractivity contribution in [2.24, 2.45) is 5.10 Å². The van der Waals surface area contributed by atoms with Crippen molar-refractivity contribution in [1.29, 1.82) is 0 Å². The van der Waals surface area contributed by atoms with Crippen molar-refractivity contribution in [1.82, 2.24) is 0 Å². The van der Waals surface area contributed by atoms with Crippen molar-refractivity contribution in [3.63, 3.8) is 0 Å². The molecule has 3 aromatic rings. The van der Waals surface area contributed by atoms with E-state index in [9.17, 15) is 4.79 Å².